The Morgan fingerprint density at radius 2 is 2.23 bits per heavy atom. The van der Waals surface area contributed by atoms with Crippen LogP contribution in [0.2, 0.25) is 0 Å². The Kier molecular flexibility index (Phi) is 4.24. The highest BCUT2D eigenvalue weighted by molar-refractivity contribution is 5.33. The number of nitrogens with one attached hydrogen (secondary N) is 2. The Balaban J connectivity index is 0.000000446. The summed E-state index contributed by atoms with van der Waals surface area (Å²) in [6.45, 7) is 3.05. The predicted octanol–water partition coefficient (Wildman–Crippen LogP) is 1.31. The van der Waals surface area contributed by atoms with Crippen LogP contribution >= 0.6 is 0 Å². The van der Waals surface area contributed by atoms with Crippen LogP contribution in [0.3, 0.4) is 0 Å². The van der Waals surface area contributed by atoms with Gasteiger partial charge in [-0.15, -0.1) is 0 Å². The molecule has 2 aliphatic rings. The number of H-pyrrole nitrogens is 2. The topological polar surface area (TPSA) is 97.9 Å². The maximum absolute atomic E-state index is 8.36. The van der Waals surface area contributed by atoms with E-state index in [1.165, 1.54) is 49.2 Å². The molecule has 1 saturated heterocycles. The van der Waals surface area contributed by atoms with Gasteiger partial charge in [0.05, 0.1) is 6.20 Å². The molecule has 0 aromatic carbocycles. The first-order chi connectivity index (χ1) is 10.8. The Morgan fingerprint density at radius 1 is 1.36 bits per heavy atom. The van der Waals surface area contributed by atoms with Crippen LogP contribution in [-0.4, -0.2) is 50.0 Å². The molecule has 1 spiro atoms. The van der Waals surface area contributed by atoms with Gasteiger partial charge in [0.15, 0.2) is 0 Å². The van der Waals surface area contributed by atoms with Crippen molar-refractivity contribution < 1.29 is 9.90 Å². The van der Waals surface area contributed by atoms with Crippen molar-refractivity contribution in [2.75, 3.05) is 13.1 Å². The smallest absolute Gasteiger partial charge is 0.290 e. The molecule has 0 radical (unpaired) electrons. The normalized spacial score (nSPS) is 23.8. The van der Waals surface area contributed by atoms with Gasteiger partial charge in [-0.3, -0.25) is 19.9 Å². The lowest BCUT2D eigenvalue weighted by molar-refractivity contribution is -0.122. The standard InChI is InChI=1S/C14H19N5.CH2O2/c1-4-14(5-2-11-8-16-18-13(11)14)10-19(7-1)9-12-3-6-15-17-12;2-1-3/h3,6,8H,1-2,4-5,7,9-10H2,(H,15,17)(H,16,18);1H,(H,2,3). The molecule has 2 aromatic heterocycles. The molecule has 0 amide bonds. The maximum Gasteiger partial charge on any atom is 0.290 e. The van der Waals surface area contributed by atoms with Crippen molar-refractivity contribution in [3.8, 4) is 0 Å². The van der Waals surface area contributed by atoms with Gasteiger partial charge in [-0.05, 0) is 43.9 Å². The highest BCUT2D eigenvalue weighted by Gasteiger charge is 2.43. The van der Waals surface area contributed by atoms with Gasteiger partial charge in [0, 0.05) is 36.1 Å². The molecule has 1 atom stereocenters. The van der Waals surface area contributed by atoms with Gasteiger partial charge >= 0.3 is 0 Å². The average molecular weight is 303 g/mol. The molecule has 1 unspecified atom stereocenters. The van der Waals surface area contributed by atoms with Gasteiger partial charge < -0.3 is 5.11 Å². The largest absolute Gasteiger partial charge is 0.483 e. The Bertz CT molecular complexity index is 609. The Labute approximate surface area is 128 Å². The van der Waals surface area contributed by atoms with Crippen molar-refractivity contribution in [1.29, 1.82) is 0 Å². The summed E-state index contributed by atoms with van der Waals surface area (Å²) in [4.78, 5) is 10.9. The molecule has 3 N–H and O–H groups in total. The lowest BCUT2D eigenvalue weighted by Gasteiger charge is -2.40. The van der Waals surface area contributed by atoms with Crippen LogP contribution in [0, 0.1) is 0 Å². The molecular weight excluding hydrogens is 282 g/mol. The fraction of sp³-hybridized carbons (Fsp3) is 0.533. The lowest BCUT2D eigenvalue weighted by atomic mass is 9.77. The number of fused-ring (bicyclic) bond motifs is 2. The Hall–Kier alpha value is -2.15. The number of carboxylic acid groups (broad SMARTS) is 1. The van der Waals surface area contributed by atoms with E-state index >= 15 is 0 Å². The van der Waals surface area contributed by atoms with Gasteiger partial charge in [-0.25, -0.2) is 0 Å². The van der Waals surface area contributed by atoms with Gasteiger partial charge in [-0.2, -0.15) is 10.2 Å². The molecule has 118 valence electrons. The zero-order chi connectivity index (χ0) is 15.4. The van der Waals surface area contributed by atoms with E-state index in [2.05, 4.69) is 31.4 Å². The first-order valence-corrected chi connectivity index (χ1v) is 7.58. The van der Waals surface area contributed by atoms with Crippen molar-refractivity contribution in [3.05, 3.63) is 35.4 Å². The second kappa shape index (κ2) is 6.31. The van der Waals surface area contributed by atoms with E-state index in [4.69, 9.17) is 9.90 Å². The summed E-state index contributed by atoms with van der Waals surface area (Å²) in [6, 6.07) is 2.07. The molecule has 1 aliphatic heterocycles. The molecule has 0 bridgehead atoms. The first-order valence-electron chi connectivity index (χ1n) is 7.58. The molecule has 7 nitrogen and oxygen atoms in total. The zero-order valence-corrected chi connectivity index (χ0v) is 12.5. The van der Waals surface area contributed by atoms with Gasteiger partial charge in [0.2, 0.25) is 0 Å². The second-order valence-electron chi connectivity index (χ2n) is 6.05. The Morgan fingerprint density at radius 3 is 3.00 bits per heavy atom. The van der Waals surface area contributed by atoms with Crippen LogP contribution in [0.1, 0.15) is 36.2 Å². The maximum atomic E-state index is 8.36. The number of aromatic amines is 2. The number of hydrogen-bond donors (Lipinski definition) is 3. The number of aromatic nitrogens is 4. The summed E-state index contributed by atoms with van der Waals surface area (Å²) >= 11 is 0. The van der Waals surface area contributed by atoms with Crippen molar-refractivity contribution in [2.24, 2.45) is 0 Å². The summed E-state index contributed by atoms with van der Waals surface area (Å²) in [6.07, 6.45) is 8.86. The fourth-order valence-electron chi connectivity index (χ4n) is 3.84. The van der Waals surface area contributed by atoms with Crippen LogP contribution in [0.5, 0.6) is 0 Å². The third kappa shape index (κ3) is 2.76. The van der Waals surface area contributed by atoms with E-state index in [0.29, 0.717) is 5.41 Å². The van der Waals surface area contributed by atoms with E-state index in [-0.39, 0.29) is 6.47 Å². The van der Waals surface area contributed by atoms with Crippen LogP contribution in [-0.2, 0) is 23.2 Å². The lowest BCUT2D eigenvalue weighted by Crippen LogP contribution is -2.44. The average Bonchev–Trinajstić information content (AvgIpc) is 3.21. The molecule has 1 fully saturated rings. The first kappa shape index (κ1) is 14.8. The van der Waals surface area contributed by atoms with E-state index in [1.807, 2.05) is 12.4 Å². The number of nitrogens with zero attached hydrogens (tertiary/aromatic N) is 3. The number of rotatable bonds is 2. The molecular formula is C15H21N5O2. The quantitative estimate of drug-likeness (QED) is 0.727. The number of piperidine rings is 1. The molecule has 22 heavy (non-hydrogen) atoms. The van der Waals surface area contributed by atoms with Crippen molar-refractivity contribution >= 4 is 6.47 Å². The SMILES string of the molecule is O=CO.c1cc(CN2CCCC3(CCc4cn[nH]c43)C2)[nH]n1. The minimum absolute atomic E-state index is 0.250. The highest BCUT2D eigenvalue weighted by atomic mass is 16.3. The monoisotopic (exact) mass is 303 g/mol. The third-order valence-corrected chi connectivity index (χ3v) is 4.73. The molecule has 1 aliphatic carbocycles. The second-order valence-corrected chi connectivity index (χ2v) is 6.05. The van der Waals surface area contributed by atoms with Gasteiger partial charge in [0.25, 0.3) is 6.47 Å². The summed E-state index contributed by atoms with van der Waals surface area (Å²) in [5, 5.41) is 21.5. The van der Waals surface area contributed by atoms with Crippen LogP contribution in [0.4, 0.5) is 0 Å². The van der Waals surface area contributed by atoms with E-state index in [9.17, 15) is 0 Å². The summed E-state index contributed by atoms with van der Waals surface area (Å²) < 4.78 is 0. The highest BCUT2D eigenvalue weighted by Crippen LogP contribution is 2.43. The van der Waals surface area contributed by atoms with Gasteiger partial charge in [-0.1, -0.05) is 0 Å². The minimum atomic E-state index is -0.250. The van der Waals surface area contributed by atoms with Crippen LogP contribution in [0.25, 0.3) is 0 Å². The molecule has 0 saturated carbocycles. The zero-order valence-electron chi connectivity index (χ0n) is 12.5. The number of hydrogen-bond acceptors (Lipinski definition) is 4. The summed E-state index contributed by atoms with van der Waals surface area (Å²) in [5.74, 6) is 0. The van der Waals surface area contributed by atoms with Crippen molar-refractivity contribution in [2.45, 2.75) is 37.6 Å². The van der Waals surface area contributed by atoms with Gasteiger partial charge in [0.1, 0.15) is 0 Å². The molecule has 2 aromatic rings. The minimum Gasteiger partial charge on any atom is -0.483 e. The molecule has 4 rings (SSSR count). The number of carbonyl (C=O) groups is 1. The summed E-state index contributed by atoms with van der Waals surface area (Å²) in [7, 11) is 0. The van der Waals surface area contributed by atoms with E-state index < -0.39 is 0 Å². The van der Waals surface area contributed by atoms with Crippen molar-refractivity contribution in [3.63, 3.8) is 0 Å². The van der Waals surface area contributed by atoms with Crippen LogP contribution < -0.4 is 0 Å². The van der Waals surface area contributed by atoms with E-state index in [0.717, 1.165) is 13.1 Å². The summed E-state index contributed by atoms with van der Waals surface area (Å²) in [5.41, 5.74) is 4.37. The number of aryl methyl sites for hydroxylation is 1. The van der Waals surface area contributed by atoms with Crippen molar-refractivity contribution in [1.82, 2.24) is 25.3 Å². The molecule has 7 heteroatoms. The number of likely N-dealkylation sites (tertiary alicyclic amines) is 1. The fourth-order valence-corrected chi connectivity index (χ4v) is 3.84. The third-order valence-electron chi connectivity index (χ3n) is 4.73. The predicted molar refractivity (Wildman–Crippen MR) is 80.4 cm³/mol. The van der Waals surface area contributed by atoms with E-state index in [1.54, 1.807) is 0 Å². The molecule has 3 heterocycles. The van der Waals surface area contributed by atoms with Crippen LogP contribution in [0.15, 0.2) is 18.5 Å².